The van der Waals surface area contributed by atoms with Gasteiger partial charge < -0.3 is 20.4 Å². The zero-order valence-corrected chi connectivity index (χ0v) is 25.9. The van der Waals surface area contributed by atoms with Crippen LogP contribution in [0.25, 0.3) is 0 Å². The van der Waals surface area contributed by atoms with Crippen LogP contribution in [-0.2, 0) is 22.4 Å². The summed E-state index contributed by atoms with van der Waals surface area (Å²) in [6, 6.07) is 11.6. The van der Waals surface area contributed by atoms with Crippen LogP contribution in [-0.4, -0.2) is 68.4 Å². The molecule has 2 aliphatic heterocycles. The highest BCUT2D eigenvalue weighted by atomic mass is 32.1. The summed E-state index contributed by atoms with van der Waals surface area (Å²) in [5.41, 5.74) is 1.49. The molecule has 1 aliphatic carbocycles. The number of hydrogen-bond acceptors (Lipinski definition) is 12. The SMILES string of the molecule is O=C(Cc1cccc(N2CCC2)n1)Nc1nnc(C2CCCC(c3nnc(NC(=O)Cc4cccc(N5CCC5)n4)s3)C2)s1. The third kappa shape index (κ3) is 6.70. The summed E-state index contributed by atoms with van der Waals surface area (Å²) in [6.45, 7) is 4.06. The van der Waals surface area contributed by atoms with E-state index in [9.17, 15) is 9.59 Å². The number of rotatable bonds is 10. The van der Waals surface area contributed by atoms with Crippen LogP contribution in [0.4, 0.5) is 21.9 Å². The van der Waals surface area contributed by atoms with Crippen LogP contribution in [0.15, 0.2) is 36.4 Å². The molecule has 2 unspecified atom stereocenters. The molecule has 2 amide bonds. The van der Waals surface area contributed by atoms with Crippen molar-refractivity contribution in [2.75, 3.05) is 46.6 Å². The Morgan fingerprint density at radius 3 is 1.59 bits per heavy atom. The van der Waals surface area contributed by atoms with Crippen LogP contribution >= 0.6 is 22.7 Å². The zero-order valence-electron chi connectivity index (χ0n) is 24.3. The molecule has 3 fully saturated rings. The number of carbonyl (C=O) groups excluding carboxylic acids is 2. The van der Waals surface area contributed by atoms with Crippen LogP contribution in [0, 0.1) is 0 Å². The molecule has 2 atom stereocenters. The molecule has 2 N–H and O–H groups in total. The van der Waals surface area contributed by atoms with Crippen molar-refractivity contribution in [2.24, 2.45) is 0 Å². The lowest BCUT2D eigenvalue weighted by atomic mass is 9.82. The Bertz CT molecular complexity index is 1520. The molecule has 1 saturated carbocycles. The molecular weight excluding hydrogens is 597 g/mol. The lowest BCUT2D eigenvalue weighted by Gasteiger charge is -2.32. The minimum Gasteiger partial charge on any atom is -0.356 e. The first-order valence-corrected chi connectivity index (χ1v) is 16.9. The third-order valence-corrected chi connectivity index (χ3v) is 10.4. The fourth-order valence-corrected chi connectivity index (χ4v) is 7.58. The van der Waals surface area contributed by atoms with Crippen molar-refractivity contribution in [1.29, 1.82) is 0 Å². The highest BCUT2D eigenvalue weighted by Gasteiger charge is 2.30. The average molecular weight is 631 g/mol. The molecule has 12 nitrogen and oxygen atoms in total. The Balaban J connectivity index is 0.913. The highest BCUT2D eigenvalue weighted by Crippen LogP contribution is 2.43. The van der Waals surface area contributed by atoms with Crippen molar-refractivity contribution in [3.63, 3.8) is 0 Å². The van der Waals surface area contributed by atoms with Gasteiger partial charge in [-0.15, -0.1) is 20.4 Å². The molecule has 228 valence electrons. The van der Waals surface area contributed by atoms with Gasteiger partial charge in [0.15, 0.2) is 0 Å². The Kier molecular flexibility index (Phi) is 8.42. The number of aromatic nitrogens is 6. The van der Waals surface area contributed by atoms with Crippen LogP contribution < -0.4 is 20.4 Å². The van der Waals surface area contributed by atoms with E-state index in [4.69, 9.17) is 0 Å². The van der Waals surface area contributed by atoms with Crippen LogP contribution in [0.5, 0.6) is 0 Å². The molecule has 44 heavy (non-hydrogen) atoms. The lowest BCUT2D eigenvalue weighted by Crippen LogP contribution is -2.37. The average Bonchev–Trinajstić information content (AvgIpc) is 3.62. The Morgan fingerprint density at radius 2 is 1.16 bits per heavy atom. The number of amides is 2. The van der Waals surface area contributed by atoms with Crippen molar-refractivity contribution in [3.05, 3.63) is 57.8 Å². The van der Waals surface area contributed by atoms with Gasteiger partial charge in [-0.05, 0) is 56.4 Å². The standard InChI is InChI=1S/C30H34N10O2S2/c41-25(17-21-8-2-10-23(31-21)39-12-4-13-39)33-29-37-35-27(43-29)19-6-1-7-20(16-19)28-36-38-30(44-28)34-26(42)18-22-9-3-11-24(32-22)40-14-5-15-40/h2-3,8-11,19-20H,1,4-7,12-18H2,(H,33,37,41)(H,34,38,42). The first kappa shape index (κ1) is 28.7. The molecule has 6 heterocycles. The molecule has 14 heteroatoms. The van der Waals surface area contributed by atoms with Crippen molar-refractivity contribution in [1.82, 2.24) is 30.4 Å². The van der Waals surface area contributed by atoms with Crippen molar-refractivity contribution in [2.45, 2.75) is 63.2 Å². The first-order chi connectivity index (χ1) is 21.6. The topological polar surface area (TPSA) is 142 Å². The molecule has 4 aromatic heterocycles. The lowest BCUT2D eigenvalue weighted by molar-refractivity contribution is -0.116. The molecule has 0 radical (unpaired) electrons. The van der Waals surface area contributed by atoms with Crippen LogP contribution in [0.2, 0.25) is 0 Å². The van der Waals surface area contributed by atoms with E-state index in [-0.39, 0.29) is 36.5 Å². The van der Waals surface area contributed by atoms with E-state index in [1.54, 1.807) is 0 Å². The predicted molar refractivity (Wildman–Crippen MR) is 171 cm³/mol. The molecule has 7 rings (SSSR count). The van der Waals surface area contributed by atoms with Gasteiger partial charge in [-0.25, -0.2) is 9.97 Å². The fraction of sp³-hybridized carbons (Fsp3) is 0.467. The summed E-state index contributed by atoms with van der Waals surface area (Å²) in [5, 5.41) is 26.1. The van der Waals surface area contributed by atoms with Gasteiger partial charge >= 0.3 is 0 Å². The molecular formula is C30H34N10O2S2. The zero-order chi connectivity index (χ0) is 29.9. The molecule has 0 spiro atoms. The second-order valence-electron chi connectivity index (χ2n) is 11.6. The van der Waals surface area contributed by atoms with E-state index >= 15 is 0 Å². The summed E-state index contributed by atoms with van der Waals surface area (Å²) >= 11 is 2.87. The number of nitrogens with one attached hydrogen (secondary N) is 2. The number of hydrogen-bond donors (Lipinski definition) is 2. The maximum Gasteiger partial charge on any atom is 0.232 e. The number of carbonyl (C=O) groups is 2. The molecule has 3 aliphatic rings. The van der Waals surface area contributed by atoms with Gasteiger partial charge in [0, 0.05) is 38.0 Å². The van der Waals surface area contributed by atoms with Crippen LogP contribution in [0.3, 0.4) is 0 Å². The van der Waals surface area contributed by atoms with Gasteiger partial charge in [0.05, 0.1) is 24.2 Å². The predicted octanol–water partition coefficient (Wildman–Crippen LogP) is 4.40. The molecule has 4 aromatic rings. The third-order valence-electron chi connectivity index (χ3n) is 8.37. The first-order valence-electron chi connectivity index (χ1n) is 15.2. The highest BCUT2D eigenvalue weighted by molar-refractivity contribution is 7.15. The van der Waals surface area contributed by atoms with Crippen LogP contribution in [0.1, 0.15) is 71.8 Å². The van der Waals surface area contributed by atoms with E-state index in [0.717, 1.165) is 84.9 Å². The molecule has 0 aromatic carbocycles. The maximum absolute atomic E-state index is 12.7. The van der Waals surface area contributed by atoms with Gasteiger partial charge in [0.25, 0.3) is 0 Å². The second kappa shape index (κ2) is 12.9. The Morgan fingerprint density at radius 1 is 0.682 bits per heavy atom. The van der Waals surface area contributed by atoms with E-state index < -0.39 is 0 Å². The smallest absolute Gasteiger partial charge is 0.232 e. The second-order valence-corrected chi connectivity index (χ2v) is 13.6. The number of nitrogens with zero attached hydrogens (tertiary/aromatic N) is 8. The largest absolute Gasteiger partial charge is 0.356 e. The summed E-state index contributed by atoms with van der Waals surface area (Å²) in [5.74, 6) is 2.03. The quantitative estimate of drug-likeness (QED) is 0.259. The monoisotopic (exact) mass is 630 g/mol. The minimum absolute atomic E-state index is 0.148. The number of anilines is 4. The fourth-order valence-electron chi connectivity index (χ4n) is 5.77. The van der Waals surface area contributed by atoms with Crippen molar-refractivity contribution in [3.8, 4) is 0 Å². The van der Waals surface area contributed by atoms with Gasteiger partial charge in [0.2, 0.25) is 22.1 Å². The summed E-state index contributed by atoms with van der Waals surface area (Å²) in [4.78, 5) is 39.2. The Hall–Kier alpha value is -4.04. The molecule has 2 saturated heterocycles. The van der Waals surface area contributed by atoms with E-state index in [0.29, 0.717) is 10.3 Å². The van der Waals surface area contributed by atoms with E-state index in [1.165, 1.54) is 35.5 Å². The Labute approximate surface area is 263 Å². The van der Waals surface area contributed by atoms with Gasteiger partial charge in [-0.3, -0.25) is 9.59 Å². The van der Waals surface area contributed by atoms with Gasteiger partial charge in [-0.2, -0.15) is 0 Å². The number of pyridine rings is 2. The molecule has 0 bridgehead atoms. The summed E-state index contributed by atoms with van der Waals surface area (Å²) < 4.78 is 0. The van der Waals surface area contributed by atoms with Crippen molar-refractivity contribution < 1.29 is 9.59 Å². The minimum atomic E-state index is -0.148. The van der Waals surface area contributed by atoms with Gasteiger partial charge in [-0.1, -0.05) is 41.2 Å². The van der Waals surface area contributed by atoms with E-state index in [2.05, 4.69) is 50.8 Å². The maximum atomic E-state index is 12.7. The normalized spacial score (nSPS) is 19.6. The van der Waals surface area contributed by atoms with E-state index in [1.807, 2.05) is 36.4 Å². The van der Waals surface area contributed by atoms with Gasteiger partial charge in [0.1, 0.15) is 21.7 Å². The summed E-state index contributed by atoms with van der Waals surface area (Å²) in [6.07, 6.45) is 6.69. The van der Waals surface area contributed by atoms with Crippen molar-refractivity contribution >= 4 is 56.4 Å². The summed E-state index contributed by atoms with van der Waals surface area (Å²) in [7, 11) is 0.